The molecule has 1 heterocycles. The van der Waals surface area contributed by atoms with Crippen molar-refractivity contribution in [3.05, 3.63) is 64.7 Å². The van der Waals surface area contributed by atoms with Gasteiger partial charge in [-0.3, -0.25) is 9.79 Å². The van der Waals surface area contributed by atoms with E-state index in [0.29, 0.717) is 11.1 Å². The lowest BCUT2D eigenvalue weighted by Crippen LogP contribution is -1.99. The van der Waals surface area contributed by atoms with Crippen LogP contribution in [0, 0.1) is 11.3 Å². The van der Waals surface area contributed by atoms with E-state index in [2.05, 4.69) is 11.1 Å². The van der Waals surface area contributed by atoms with E-state index in [1.807, 2.05) is 30.5 Å². The fraction of sp³-hybridized carbons (Fsp3) is 0.0625. The summed E-state index contributed by atoms with van der Waals surface area (Å²) < 4.78 is 0. The summed E-state index contributed by atoms with van der Waals surface area (Å²) in [5, 5.41) is 8.95. The van der Waals surface area contributed by atoms with Crippen LogP contribution in [0.15, 0.2) is 47.5 Å². The molecule has 0 radical (unpaired) electrons. The van der Waals surface area contributed by atoms with Gasteiger partial charge in [0.2, 0.25) is 0 Å². The minimum Gasteiger partial charge on any atom is -0.298 e. The smallest absolute Gasteiger partial charge is 0.150 e. The molecule has 1 aliphatic heterocycles. The van der Waals surface area contributed by atoms with Gasteiger partial charge < -0.3 is 0 Å². The van der Waals surface area contributed by atoms with Gasteiger partial charge >= 0.3 is 0 Å². The molecule has 2 aromatic rings. The summed E-state index contributed by atoms with van der Waals surface area (Å²) >= 11 is 0. The first-order valence-electron chi connectivity index (χ1n) is 5.95. The zero-order valence-electron chi connectivity index (χ0n) is 10.1. The number of aldehydes is 1. The normalized spacial score (nSPS) is 15.8. The highest BCUT2D eigenvalue weighted by molar-refractivity contribution is 5.87. The van der Waals surface area contributed by atoms with Crippen molar-refractivity contribution in [2.45, 2.75) is 5.92 Å². The van der Waals surface area contributed by atoms with E-state index in [1.54, 1.807) is 18.2 Å². The number of carbonyl (C=O) groups is 1. The summed E-state index contributed by atoms with van der Waals surface area (Å²) in [5.74, 6) is 0.0593. The molecule has 0 saturated heterocycles. The lowest BCUT2D eigenvalue weighted by molar-refractivity contribution is 0.112. The lowest BCUT2D eigenvalue weighted by Gasteiger charge is -2.10. The van der Waals surface area contributed by atoms with Gasteiger partial charge in [0.05, 0.1) is 17.3 Å². The second-order valence-corrected chi connectivity index (χ2v) is 4.43. The van der Waals surface area contributed by atoms with E-state index >= 15 is 0 Å². The summed E-state index contributed by atoms with van der Waals surface area (Å²) in [6.45, 7) is 0. The average Bonchev–Trinajstić information content (AvgIpc) is 2.90. The van der Waals surface area contributed by atoms with Crippen molar-refractivity contribution in [3.63, 3.8) is 0 Å². The van der Waals surface area contributed by atoms with Gasteiger partial charge in [0, 0.05) is 17.7 Å². The summed E-state index contributed by atoms with van der Waals surface area (Å²) in [4.78, 5) is 15.1. The highest BCUT2D eigenvalue weighted by Crippen LogP contribution is 2.36. The molecule has 0 amide bonds. The van der Waals surface area contributed by atoms with E-state index in [1.165, 1.54) is 0 Å². The van der Waals surface area contributed by atoms with Gasteiger partial charge in [-0.1, -0.05) is 24.3 Å². The third-order valence-corrected chi connectivity index (χ3v) is 3.26. The van der Waals surface area contributed by atoms with Crippen molar-refractivity contribution in [1.82, 2.24) is 0 Å². The molecule has 0 aliphatic carbocycles. The van der Waals surface area contributed by atoms with Gasteiger partial charge in [0.1, 0.15) is 6.29 Å². The second-order valence-electron chi connectivity index (χ2n) is 4.43. The molecule has 3 heteroatoms. The molecule has 3 nitrogen and oxygen atoms in total. The summed E-state index contributed by atoms with van der Waals surface area (Å²) in [7, 11) is 0. The number of nitrogens with zero attached hydrogens (tertiary/aromatic N) is 2. The molecule has 0 aromatic heterocycles. The SMILES string of the molecule is N#Cc1cccc(C2C=Nc3cc(C=O)ccc32)c1. The fourth-order valence-corrected chi connectivity index (χ4v) is 2.31. The summed E-state index contributed by atoms with van der Waals surface area (Å²) in [6.07, 6.45) is 2.68. The summed E-state index contributed by atoms with van der Waals surface area (Å²) in [6, 6.07) is 15.2. The largest absolute Gasteiger partial charge is 0.298 e. The maximum absolute atomic E-state index is 10.8. The van der Waals surface area contributed by atoms with Crippen molar-refractivity contribution in [1.29, 1.82) is 5.26 Å². The van der Waals surface area contributed by atoms with Crippen LogP contribution in [0.1, 0.15) is 33.0 Å². The molecule has 90 valence electrons. The molecule has 1 aliphatic rings. The third-order valence-electron chi connectivity index (χ3n) is 3.26. The Hall–Kier alpha value is -2.73. The Morgan fingerprint density at radius 1 is 1.21 bits per heavy atom. The predicted octanol–water partition coefficient (Wildman–Crippen LogP) is 3.22. The Morgan fingerprint density at radius 2 is 2.11 bits per heavy atom. The fourth-order valence-electron chi connectivity index (χ4n) is 2.31. The molecule has 2 aromatic carbocycles. The van der Waals surface area contributed by atoms with E-state index in [0.717, 1.165) is 23.1 Å². The maximum Gasteiger partial charge on any atom is 0.150 e. The zero-order chi connectivity index (χ0) is 13.2. The molecule has 3 rings (SSSR count). The number of hydrogen-bond donors (Lipinski definition) is 0. The molecule has 0 N–H and O–H groups in total. The van der Waals surface area contributed by atoms with Gasteiger partial charge in [-0.05, 0) is 29.3 Å². The van der Waals surface area contributed by atoms with Gasteiger partial charge in [-0.2, -0.15) is 5.26 Å². The van der Waals surface area contributed by atoms with Crippen LogP contribution in [-0.4, -0.2) is 12.5 Å². The molecular weight excluding hydrogens is 236 g/mol. The van der Waals surface area contributed by atoms with Crippen LogP contribution in [0.4, 0.5) is 5.69 Å². The number of nitriles is 1. The quantitative estimate of drug-likeness (QED) is 0.764. The van der Waals surface area contributed by atoms with Crippen molar-refractivity contribution in [3.8, 4) is 6.07 Å². The summed E-state index contributed by atoms with van der Waals surface area (Å²) in [5.41, 5.74) is 4.21. The Balaban J connectivity index is 2.05. The minimum atomic E-state index is 0.0593. The topological polar surface area (TPSA) is 53.2 Å². The Morgan fingerprint density at radius 3 is 2.89 bits per heavy atom. The van der Waals surface area contributed by atoms with Gasteiger partial charge in [0.15, 0.2) is 0 Å². The van der Waals surface area contributed by atoms with Gasteiger partial charge in [-0.15, -0.1) is 0 Å². The third kappa shape index (κ3) is 1.94. The van der Waals surface area contributed by atoms with E-state index in [4.69, 9.17) is 5.26 Å². The highest BCUT2D eigenvalue weighted by atomic mass is 16.1. The van der Waals surface area contributed by atoms with Crippen molar-refractivity contribution < 1.29 is 4.79 Å². The number of benzene rings is 2. The van der Waals surface area contributed by atoms with Gasteiger partial charge in [-0.25, -0.2) is 0 Å². The monoisotopic (exact) mass is 246 g/mol. The van der Waals surface area contributed by atoms with E-state index < -0.39 is 0 Å². The van der Waals surface area contributed by atoms with Crippen LogP contribution < -0.4 is 0 Å². The first-order chi connectivity index (χ1) is 9.31. The minimum absolute atomic E-state index is 0.0593. The van der Waals surface area contributed by atoms with E-state index in [-0.39, 0.29) is 5.92 Å². The standard InChI is InChI=1S/C16H10N2O/c17-8-11-2-1-3-13(6-11)15-9-18-16-7-12(10-19)4-5-14(15)16/h1-7,9-10,15H. The number of carbonyl (C=O) groups excluding carboxylic acids is 1. The number of fused-ring (bicyclic) bond motifs is 1. The number of aliphatic imine (C=N–C) groups is 1. The van der Waals surface area contributed by atoms with Crippen LogP contribution in [0.2, 0.25) is 0 Å². The Bertz CT molecular complexity index is 726. The molecule has 0 spiro atoms. The van der Waals surface area contributed by atoms with Crippen LogP contribution >= 0.6 is 0 Å². The molecule has 19 heavy (non-hydrogen) atoms. The number of hydrogen-bond acceptors (Lipinski definition) is 3. The predicted molar refractivity (Wildman–Crippen MR) is 73.0 cm³/mol. The van der Waals surface area contributed by atoms with Crippen LogP contribution in [0.3, 0.4) is 0 Å². The molecule has 1 atom stereocenters. The molecule has 0 saturated carbocycles. The average molecular weight is 246 g/mol. The van der Waals surface area contributed by atoms with Crippen LogP contribution in [0.5, 0.6) is 0 Å². The Kier molecular flexibility index (Phi) is 2.70. The lowest BCUT2D eigenvalue weighted by atomic mass is 9.92. The highest BCUT2D eigenvalue weighted by Gasteiger charge is 2.20. The van der Waals surface area contributed by atoms with Crippen LogP contribution in [0.25, 0.3) is 0 Å². The molecule has 0 fully saturated rings. The van der Waals surface area contributed by atoms with Crippen molar-refractivity contribution >= 4 is 18.2 Å². The number of rotatable bonds is 2. The first-order valence-corrected chi connectivity index (χ1v) is 5.95. The maximum atomic E-state index is 10.8. The van der Waals surface area contributed by atoms with Crippen molar-refractivity contribution in [2.24, 2.45) is 4.99 Å². The van der Waals surface area contributed by atoms with Crippen LogP contribution in [-0.2, 0) is 0 Å². The van der Waals surface area contributed by atoms with Crippen molar-refractivity contribution in [2.75, 3.05) is 0 Å². The zero-order valence-corrected chi connectivity index (χ0v) is 10.1. The molecule has 1 unspecified atom stereocenters. The first kappa shape index (κ1) is 11.4. The second kappa shape index (κ2) is 4.51. The molecular formula is C16H10N2O. The Labute approximate surface area is 110 Å². The van der Waals surface area contributed by atoms with Gasteiger partial charge in [0.25, 0.3) is 0 Å². The van der Waals surface area contributed by atoms with E-state index in [9.17, 15) is 4.79 Å². The molecule has 0 bridgehead atoms.